The van der Waals surface area contributed by atoms with Crippen molar-refractivity contribution in [2.45, 2.75) is 19.3 Å². The van der Waals surface area contributed by atoms with E-state index in [9.17, 15) is 13.6 Å². The first-order valence-corrected chi connectivity index (χ1v) is 9.22. The number of nitrogens with zero attached hydrogens (tertiary/aromatic N) is 2. The summed E-state index contributed by atoms with van der Waals surface area (Å²) in [6.07, 6.45) is 2.23. The van der Waals surface area contributed by atoms with E-state index in [1.807, 2.05) is 11.8 Å². The van der Waals surface area contributed by atoms with Gasteiger partial charge in [0.05, 0.1) is 18.0 Å². The van der Waals surface area contributed by atoms with Crippen LogP contribution in [0.1, 0.15) is 24.8 Å². The van der Waals surface area contributed by atoms with E-state index in [0.717, 1.165) is 6.42 Å². The van der Waals surface area contributed by atoms with Crippen molar-refractivity contribution >= 4 is 29.2 Å². The zero-order valence-corrected chi connectivity index (χ0v) is 15.9. The van der Waals surface area contributed by atoms with Gasteiger partial charge in [0.2, 0.25) is 5.91 Å². The number of carbonyl (C=O) groups excluding carboxylic acids is 1. The molecule has 5 nitrogen and oxygen atoms in total. The minimum atomic E-state index is -0.836. The van der Waals surface area contributed by atoms with Crippen molar-refractivity contribution in [3.8, 4) is 0 Å². The smallest absolute Gasteiger partial charge is 0.237 e. The third kappa shape index (κ3) is 4.20. The largest absolute Gasteiger partial charge is 0.383 e. The van der Waals surface area contributed by atoms with E-state index in [0.29, 0.717) is 36.8 Å². The van der Waals surface area contributed by atoms with Crippen molar-refractivity contribution in [2.75, 3.05) is 37.0 Å². The number of fused-ring (bicyclic) bond motifs is 1. The quantitative estimate of drug-likeness (QED) is 0.689. The zero-order valence-electron chi connectivity index (χ0n) is 15.9. The standard InChI is InChI=1S/C21H23F2N3O2/c1-3-9-26(10-11-28-2)19-8-7-14(12-17(19)23)24-13-15-20-16(22)5-4-6-18(20)25-21(15)27/h4-8,12-13,15H,3,9-11H2,1-2H3,(H,25,27). The van der Waals surface area contributed by atoms with Gasteiger partial charge >= 0.3 is 0 Å². The molecule has 1 unspecified atom stereocenters. The fourth-order valence-corrected chi connectivity index (χ4v) is 3.26. The maximum absolute atomic E-state index is 14.6. The second-order valence-electron chi connectivity index (χ2n) is 6.56. The number of nitrogens with one attached hydrogen (secondary N) is 1. The lowest BCUT2D eigenvalue weighted by atomic mass is 10.0. The van der Waals surface area contributed by atoms with E-state index in [-0.39, 0.29) is 11.5 Å². The van der Waals surface area contributed by atoms with Gasteiger partial charge in [-0.2, -0.15) is 0 Å². The van der Waals surface area contributed by atoms with Crippen LogP contribution in [0, 0.1) is 11.6 Å². The lowest BCUT2D eigenvalue weighted by Crippen LogP contribution is -2.28. The van der Waals surface area contributed by atoms with Crippen LogP contribution < -0.4 is 10.2 Å². The SMILES string of the molecule is CCCN(CCOC)c1ccc(N=CC2C(=O)Nc3cccc(F)c32)cc1F. The Morgan fingerprint density at radius 3 is 2.75 bits per heavy atom. The molecule has 1 amide bonds. The lowest BCUT2D eigenvalue weighted by molar-refractivity contribution is -0.115. The molecule has 1 aliphatic heterocycles. The highest BCUT2D eigenvalue weighted by atomic mass is 19.1. The second kappa shape index (κ2) is 8.93. The molecule has 0 fully saturated rings. The number of halogens is 2. The van der Waals surface area contributed by atoms with E-state index in [1.165, 1.54) is 24.4 Å². The number of amides is 1. The van der Waals surface area contributed by atoms with Gasteiger partial charge in [-0.3, -0.25) is 9.79 Å². The fourth-order valence-electron chi connectivity index (χ4n) is 3.26. The number of rotatable bonds is 8. The van der Waals surface area contributed by atoms with E-state index in [4.69, 9.17) is 4.74 Å². The molecule has 28 heavy (non-hydrogen) atoms. The van der Waals surface area contributed by atoms with Crippen LogP contribution in [0.15, 0.2) is 41.4 Å². The highest BCUT2D eigenvalue weighted by Gasteiger charge is 2.31. The number of methoxy groups -OCH3 is 1. The third-order valence-electron chi connectivity index (χ3n) is 4.61. The van der Waals surface area contributed by atoms with Crippen molar-refractivity contribution in [1.29, 1.82) is 0 Å². The number of benzene rings is 2. The maximum Gasteiger partial charge on any atom is 0.237 e. The third-order valence-corrected chi connectivity index (χ3v) is 4.61. The van der Waals surface area contributed by atoms with Gasteiger partial charge in [-0.1, -0.05) is 13.0 Å². The van der Waals surface area contributed by atoms with E-state index in [1.54, 1.807) is 25.3 Å². The number of carbonyl (C=O) groups is 1. The van der Waals surface area contributed by atoms with Crippen LogP contribution in [0.3, 0.4) is 0 Å². The molecule has 3 rings (SSSR count). The number of hydrogen-bond acceptors (Lipinski definition) is 4. The molecule has 0 radical (unpaired) electrons. The number of ether oxygens (including phenoxy) is 1. The summed E-state index contributed by atoms with van der Waals surface area (Å²) in [5.41, 5.74) is 1.55. The molecule has 0 aliphatic carbocycles. The zero-order chi connectivity index (χ0) is 20.1. The highest BCUT2D eigenvalue weighted by molar-refractivity contribution is 6.12. The monoisotopic (exact) mass is 387 g/mol. The van der Waals surface area contributed by atoms with Gasteiger partial charge in [0.25, 0.3) is 0 Å². The minimum absolute atomic E-state index is 0.266. The summed E-state index contributed by atoms with van der Waals surface area (Å²) in [7, 11) is 1.61. The molecule has 1 aliphatic rings. The summed E-state index contributed by atoms with van der Waals surface area (Å²) >= 11 is 0. The Bertz CT molecular complexity index is 886. The van der Waals surface area contributed by atoms with Crippen LogP contribution in [-0.2, 0) is 9.53 Å². The van der Waals surface area contributed by atoms with E-state index < -0.39 is 17.6 Å². The average Bonchev–Trinajstić information content (AvgIpc) is 3.00. The Hall–Kier alpha value is -2.80. The first-order valence-electron chi connectivity index (χ1n) is 9.22. The molecule has 1 N–H and O–H groups in total. The average molecular weight is 387 g/mol. The molecule has 2 aromatic carbocycles. The van der Waals surface area contributed by atoms with Crippen molar-refractivity contribution in [3.05, 3.63) is 53.6 Å². The molecule has 0 spiro atoms. The second-order valence-corrected chi connectivity index (χ2v) is 6.56. The Balaban J connectivity index is 1.81. The molecule has 0 bridgehead atoms. The molecular formula is C21H23F2N3O2. The molecule has 0 saturated carbocycles. The molecule has 0 aromatic heterocycles. The molecule has 7 heteroatoms. The van der Waals surface area contributed by atoms with Gasteiger partial charge in [0.15, 0.2) is 0 Å². The molecule has 2 aromatic rings. The van der Waals surface area contributed by atoms with Gasteiger partial charge in [-0.15, -0.1) is 0 Å². The topological polar surface area (TPSA) is 53.9 Å². The van der Waals surface area contributed by atoms with Crippen LogP contribution in [0.5, 0.6) is 0 Å². The summed E-state index contributed by atoms with van der Waals surface area (Å²) in [5, 5.41) is 2.63. The van der Waals surface area contributed by atoms with Crippen LogP contribution in [0.25, 0.3) is 0 Å². The number of hydrogen-bond donors (Lipinski definition) is 1. The van der Waals surface area contributed by atoms with Gasteiger partial charge < -0.3 is 15.0 Å². The van der Waals surface area contributed by atoms with Gasteiger partial charge in [0, 0.05) is 43.7 Å². The first-order chi connectivity index (χ1) is 13.5. The van der Waals surface area contributed by atoms with Crippen molar-refractivity contribution < 1.29 is 18.3 Å². The predicted octanol–water partition coefficient (Wildman–Crippen LogP) is 4.27. The Kier molecular flexibility index (Phi) is 6.36. The van der Waals surface area contributed by atoms with E-state index >= 15 is 0 Å². The highest BCUT2D eigenvalue weighted by Crippen LogP contribution is 2.34. The van der Waals surface area contributed by atoms with Crippen molar-refractivity contribution in [2.24, 2.45) is 4.99 Å². The summed E-state index contributed by atoms with van der Waals surface area (Å²) in [5.74, 6) is -2.06. The Labute approximate surface area is 163 Å². The minimum Gasteiger partial charge on any atom is -0.383 e. The van der Waals surface area contributed by atoms with Crippen LogP contribution >= 0.6 is 0 Å². The molecule has 0 saturated heterocycles. The first kappa shape index (κ1) is 19.9. The van der Waals surface area contributed by atoms with Gasteiger partial charge in [-0.25, -0.2) is 8.78 Å². The molecule has 1 heterocycles. The Morgan fingerprint density at radius 2 is 2.04 bits per heavy atom. The Morgan fingerprint density at radius 1 is 1.21 bits per heavy atom. The van der Waals surface area contributed by atoms with Crippen LogP contribution in [0.4, 0.5) is 25.8 Å². The normalized spacial score (nSPS) is 15.7. The lowest BCUT2D eigenvalue weighted by Gasteiger charge is -2.24. The molecule has 1 atom stereocenters. The summed E-state index contributed by atoms with van der Waals surface area (Å²) in [6, 6.07) is 9.14. The van der Waals surface area contributed by atoms with Gasteiger partial charge in [-0.05, 0) is 30.7 Å². The predicted molar refractivity (Wildman–Crippen MR) is 107 cm³/mol. The molecular weight excluding hydrogens is 364 g/mol. The maximum atomic E-state index is 14.6. The summed E-state index contributed by atoms with van der Waals surface area (Å²) < 4.78 is 33.8. The number of anilines is 2. The number of aliphatic imine (C=N–C) groups is 1. The van der Waals surface area contributed by atoms with Crippen LogP contribution in [0.2, 0.25) is 0 Å². The van der Waals surface area contributed by atoms with E-state index in [2.05, 4.69) is 10.3 Å². The fraction of sp³-hybridized carbons (Fsp3) is 0.333. The summed E-state index contributed by atoms with van der Waals surface area (Å²) in [4.78, 5) is 18.3. The van der Waals surface area contributed by atoms with Gasteiger partial charge in [0.1, 0.15) is 17.6 Å². The van der Waals surface area contributed by atoms with Crippen molar-refractivity contribution in [3.63, 3.8) is 0 Å². The van der Waals surface area contributed by atoms with Crippen molar-refractivity contribution in [1.82, 2.24) is 0 Å². The molecule has 148 valence electrons. The van der Waals surface area contributed by atoms with Crippen LogP contribution in [-0.4, -0.2) is 38.9 Å². The summed E-state index contributed by atoms with van der Waals surface area (Å²) in [6.45, 7) is 3.82.